The fraction of sp³-hybridized carbons (Fsp3) is 0.800. The first-order valence-electron chi connectivity index (χ1n) is 8.21. The molecule has 7 nitrogen and oxygen atoms in total. The van der Waals surface area contributed by atoms with Gasteiger partial charge in [0.1, 0.15) is 5.71 Å². The Bertz CT molecular complexity index is 460. The number of ether oxygens (including phenoxy) is 1. The Kier molecular flexibility index (Phi) is 5.04. The zero-order chi connectivity index (χ0) is 15.4. The Labute approximate surface area is 130 Å². The summed E-state index contributed by atoms with van der Waals surface area (Å²) in [5, 5.41) is 3.91. The summed E-state index contributed by atoms with van der Waals surface area (Å²) in [6.45, 7) is 5.22. The molecule has 0 bridgehead atoms. The quantitative estimate of drug-likeness (QED) is 0.794. The summed E-state index contributed by atoms with van der Waals surface area (Å²) < 4.78 is 5.69. The van der Waals surface area contributed by atoms with Crippen LogP contribution in [0.15, 0.2) is 5.10 Å². The maximum atomic E-state index is 12.5. The van der Waals surface area contributed by atoms with Crippen molar-refractivity contribution < 1.29 is 14.3 Å². The van der Waals surface area contributed by atoms with Crippen LogP contribution in [-0.4, -0.2) is 72.8 Å². The van der Waals surface area contributed by atoms with Gasteiger partial charge in [-0.2, -0.15) is 5.10 Å². The van der Waals surface area contributed by atoms with E-state index in [-0.39, 0.29) is 11.8 Å². The van der Waals surface area contributed by atoms with Gasteiger partial charge in [-0.05, 0) is 25.8 Å². The molecule has 3 heterocycles. The van der Waals surface area contributed by atoms with Crippen molar-refractivity contribution in [2.45, 2.75) is 38.2 Å². The molecule has 0 aromatic heterocycles. The van der Waals surface area contributed by atoms with Crippen molar-refractivity contribution >= 4 is 17.5 Å². The molecule has 7 heteroatoms. The number of nitrogens with one attached hydrogen (secondary N) is 1. The number of hydrogen-bond acceptors (Lipinski definition) is 5. The molecule has 0 spiro atoms. The van der Waals surface area contributed by atoms with Crippen molar-refractivity contribution in [3.8, 4) is 0 Å². The molecule has 3 aliphatic heterocycles. The molecular weight excluding hydrogens is 284 g/mol. The second-order valence-corrected chi connectivity index (χ2v) is 6.17. The molecule has 0 aliphatic carbocycles. The molecule has 0 aromatic carbocycles. The van der Waals surface area contributed by atoms with Gasteiger partial charge < -0.3 is 9.64 Å². The summed E-state index contributed by atoms with van der Waals surface area (Å²) in [5.41, 5.74) is 2.88. The van der Waals surface area contributed by atoms with Crippen LogP contribution in [0.2, 0.25) is 0 Å². The van der Waals surface area contributed by atoms with Crippen LogP contribution in [0.5, 0.6) is 0 Å². The van der Waals surface area contributed by atoms with E-state index in [0.717, 1.165) is 58.6 Å². The summed E-state index contributed by atoms with van der Waals surface area (Å²) in [5.74, 6) is -0.144. The molecule has 0 saturated carbocycles. The molecule has 2 fully saturated rings. The Morgan fingerprint density at radius 3 is 2.86 bits per heavy atom. The van der Waals surface area contributed by atoms with Crippen LogP contribution in [0.1, 0.15) is 32.1 Å². The minimum atomic E-state index is -0.116. The molecule has 0 aromatic rings. The monoisotopic (exact) mass is 308 g/mol. The van der Waals surface area contributed by atoms with E-state index in [0.29, 0.717) is 24.7 Å². The van der Waals surface area contributed by atoms with E-state index < -0.39 is 0 Å². The molecule has 1 unspecified atom stereocenters. The number of hydrazone groups is 1. The zero-order valence-corrected chi connectivity index (χ0v) is 12.9. The summed E-state index contributed by atoms with van der Waals surface area (Å²) in [6.07, 6.45) is 4.44. The maximum Gasteiger partial charge on any atom is 0.270 e. The summed E-state index contributed by atoms with van der Waals surface area (Å²) in [4.78, 5) is 27.8. The highest BCUT2D eigenvalue weighted by Crippen LogP contribution is 2.15. The van der Waals surface area contributed by atoms with Gasteiger partial charge in [0, 0.05) is 45.6 Å². The molecule has 3 rings (SSSR count). The minimum absolute atomic E-state index is 0.0287. The number of rotatable bonds is 3. The van der Waals surface area contributed by atoms with Crippen molar-refractivity contribution in [3.63, 3.8) is 0 Å². The third kappa shape index (κ3) is 3.84. The van der Waals surface area contributed by atoms with E-state index in [1.54, 1.807) is 0 Å². The van der Waals surface area contributed by atoms with Gasteiger partial charge in [-0.1, -0.05) is 0 Å². The van der Waals surface area contributed by atoms with Crippen LogP contribution >= 0.6 is 0 Å². The topological polar surface area (TPSA) is 74.2 Å². The summed E-state index contributed by atoms with van der Waals surface area (Å²) in [6, 6.07) is 0. The first-order chi connectivity index (χ1) is 10.7. The molecule has 1 atom stereocenters. The van der Waals surface area contributed by atoms with E-state index in [9.17, 15) is 9.59 Å². The SMILES string of the molecule is O=C1CCC(C(=O)N2CCCN(CC3CCCO3)CC2)=NN1. The molecule has 1 N–H and O–H groups in total. The van der Waals surface area contributed by atoms with E-state index in [1.807, 2.05) is 4.90 Å². The highest BCUT2D eigenvalue weighted by molar-refractivity contribution is 6.39. The normalized spacial score (nSPS) is 27.3. The lowest BCUT2D eigenvalue weighted by molar-refractivity contribution is -0.124. The first-order valence-corrected chi connectivity index (χ1v) is 8.21. The van der Waals surface area contributed by atoms with Crippen LogP contribution in [-0.2, 0) is 14.3 Å². The zero-order valence-electron chi connectivity index (χ0n) is 12.9. The van der Waals surface area contributed by atoms with Crippen LogP contribution in [0.3, 0.4) is 0 Å². The lowest BCUT2D eigenvalue weighted by atomic mass is 10.1. The van der Waals surface area contributed by atoms with E-state index in [2.05, 4.69) is 15.4 Å². The van der Waals surface area contributed by atoms with Gasteiger partial charge in [0.25, 0.3) is 5.91 Å². The van der Waals surface area contributed by atoms with Gasteiger partial charge in [0.2, 0.25) is 5.91 Å². The number of carbonyl (C=O) groups is 2. The maximum absolute atomic E-state index is 12.5. The van der Waals surface area contributed by atoms with Crippen molar-refractivity contribution in [1.29, 1.82) is 0 Å². The third-order valence-corrected chi connectivity index (χ3v) is 4.51. The molecular formula is C15H24N4O3. The molecule has 122 valence electrons. The lowest BCUT2D eigenvalue weighted by Gasteiger charge is -2.24. The summed E-state index contributed by atoms with van der Waals surface area (Å²) in [7, 11) is 0. The number of hydrogen-bond donors (Lipinski definition) is 1. The van der Waals surface area contributed by atoms with E-state index in [4.69, 9.17) is 4.74 Å². The van der Waals surface area contributed by atoms with Crippen LogP contribution in [0.4, 0.5) is 0 Å². The number of amides is 2. The molecule has 0 radical (unpaired) electrons. The van der Waals surface area contributed by atoms with Crippen molar-refractivity contribution in [3.05, 3.63) is 0 Å². The highest BCUT2D eigenvalue weighted by atomic mass is 16.5. The van der Waals surface area contributed by atoms with Crippen molar-refractivity contribution in [2.75, 3.05) is 39.3 Å². The van der Waals surface area contributed by atoms with E-state index in [1.165, 1.54) is 0 Å². The standard InChI is InChI=1S/C15H24N4O3/c20-14-5-4-13(16-17-14)15(21)19-7-2-6-18(8-9-19)11-12-3-1-10-22-12/h12H,1-11H2,(H,17,20). The van der Waals surface area contributed by atoms with Crippen LogP contribution in [0.25, 0.3) is 0 Å². The Morgan fingerprint density at radius 1 is 1.23 bits per heavy atom. The smallest absolute Gasteiger partial charge is 0.270 e. The average Bonchev–Trinajstić information content (AvgIpc) is 2.92. The average molecular weight is 308 g/mol. The van der Waals surface area contributed by atoms with Gasteiger partial charge in [0.05, 0.1) is 6.10 Å². The van der Waals surface area contributed by atoms with Gasteiger partial charge in [0.15, 0.2) is 0 Å². The Balaban J connectivity index is 1.51. The number of nitrogens with zero attached hydrogens (tertiary/aromatic N) is 3. The number of carbonyl (C=O) groups excluding carboxylic acids is 2. The predicted octanol–water partition coefficient (Wildman–Crippen LogP) is -0.0343. The van der Waals surface area contributed by atoms with Gasteiger partial charge in [-0.3, -0.25) is 14.5 Å². The van der Waals surface area contributed by atoms with E-state index >= 15 is 0 Å². The summed E-state index contributed by atoms with van der Waals surface area (Å²) >= 11 is 0. The molecule has 22 heavy (non-hydrogen) atoms. The van der Waals surface area contributed by atoms with Gasteiger partial charge in [-0.15, -0.1) is 0 Å². The second kappa shape index (κ2) is 7.19. The highest BCUT2D eigenvalue weighted by Gasteiger charge is 2.26. The molecule has 2 saturated heterocycles. The van der Waals surface area contributed by atoms with Crippen molar-refractivity contribution in [1.82, 2.24) is 15.2 Å². The van der Waals surface area contributed by atoms with Crippen LogP contribution < -0.4 is 5.43 Å². The van der Waals surface area contributed by atoms with Crippen molar-refractivity contribution in [2.24, 2.45) is 5.10 Å². The molecule has 2 amide bonds. The first kappa shape index (κ1) is 15.4. The lowest BCUT2D eigenvalue weighted by Crippen LogP contribution is -2.42. The Morgan fingerprint density at radius 2 is 2.14 bits per heavy atom. The predicted molar refractivity (Wildman–Crippen MR) is 81.4 cm³/mol. The van der Waals surface area contributed by atoms with Gasteiger partial charge >= 0.3 is 0 Å². The van der Waals surface area contributed by atoms with Gasteiger partial charge in [-0.25, -0.2) is 5.43 Å². The second-order valence-electron chi connectivity index (χ2n) is 6.17. The fourth-order valence-corrected chi connectivity index (χ4v) is 3.24. The Hall–Kier alpha value is -1.47. The van der Waals surface area contributed by atoms with Crippen LogP contribution in [0, 0.1) is 0 Å². The third-order valence-electron chi connectivity index (χ3n) is 4.51. The largest absolute Gasteiger partial charge is 0.377 e. The molecule has 3 aliphatic rings. The fourth-order valence-electron chi connectivity index (χ4n) is 3.24. The minimum Gasteiger partial charge on any atom is -0.377 e.